The van der Waals surface area contributed by atoms with Gasteiger partial charge in [0.2, 0.25) is 0 Å². The monoisotopic (exact) mass is 202 g/mol. The first-order chi connectivity index (χ1) is 7.18. The second-order valence-electron chi connectivity index (χ2n) is 4.64. The summed E-state index contributed by atoms with van der Waals surface area (Å²) in [5.74, 6) is 1.44. The highest BCUT2D eigenvalue weighted by Gasteiger charge is 2.11. The van der Waals surface area contributed by atoms with E-state index in [0.717, 1.165) is 18.0 Å². The molecule has 2 aromatic rings. The van der Waals surface area contributed by atoms with E-state index < -0.39 is 0 Å². The average Bonchev–Trinajstić information content (AvgIpc) is 2.62. The fourth-order valence-electron chi connectivity index (χ4n) is 1.76. The predicted octanol–water partition coefficient (Wildman–Crippen LogP) is 3.40. The smallest absolute Gasteiger partial charge is 0.137 e. The molecule has 2 rings (SSSR count). The van der Waals surface area contributed by atoms with Crippen LogP contribution in [0.4, 0.5) is 0 Å². The fourth-order valence-corrected chi connectivity index (χ4v) is 1.76. The van der Waals surface area contributed by atoms with Gasteiger partial charge in [-0.25, -0.2) is 4.98 Å². The van der Waals surface area contributed by atoms with Crippen molar-refractivity contribution in [2.45, 2.75) is 27.2 Å². The zero-order chi connectivity index (χ0) is 10.8. The molecule has 0 saturated heterocycles. The molecular formula is C13H18N2. The van der Waals surface area contributed by atoms with Crippen LogP contribution >= 0.6 is 0 Å². The van der Waals surface area contributed by atoms with Gasteiger partial charge in [-0.3, -0.25) is 0 Å². The van der Waals surface area contributed by atoms with Crippen molar-refractivity contribution in [3.05, 3.63) is 30.1 Å². The highest BCUT2D eigenvalue weighted by atomic mass is 14.8. The van der Waals surface area contributed by atoms with Gasteiger partial charge in [0, 0.05) is 17.8 Å². The summed E-state index contributed by atoms with van der Waals surface area (Å²) in [6.07, 6.45) is 5.05. The lowest BCUT2D eigenvalue weighted by Crippen LogP contribution is -2.06. The average molecular weight is 202 g/mol. The van der Waals surface area contributed by atoms with Gasteiger partial charge in [-0.15, -0.1) is 0 Å². The molecule has 2 heterocycles. The topological polar surface area (TPSA) is 28.7 Å². The summed E-state index contributed by atoms with van der Waals surface area (Å²) in [5, 5.41) is 1.27. The Hall–Kier alpha value is -1.31. The molecule has 1 unspecified atom stereocenters. The first-order valence-corrected chi connectivity index (χ1v) is 5.59. The van der Waals surface area contributed by atoms with Crippen LogP contribution in [0.25, 0.3) is 11.0 Å². The Bertz CT molecular complexity index is 442. The molecule has 0 radical (unpaired) electrons. The number of pyridine rings is 1. The second-order valence-corrected chi connectivity index (χ2v) is 4.64. The minimum Gasteiger partial charge on any atom is -0.346 e. The first kappa shape index (κ1) is 10.2. The van der Waals surface area contributed by atoms with Gasteiger partial charge in [0.1, 0.15) is 5.65 Å². The fraction of sp³-hybridized carbons (Fsp3) is 0.462. The number of hydrogen-bond acceptors (Lipinski definition) is 1. The maximum Gasteiger partial charge on any atom is 0.137 e. The summed E-state index contributed by atoms with van der Waals surface area (Å²) in [5.41, 5.74) is 2.39. The lowest BCUT2D eigenvalue weighted by Gasteiger charge is -2.14. The Balaban J connectivity index is 2.29. The van der Waals surface area contributed by atoms with Crippen molar-refractivity contribution in [2.75, 3.05) is 0 Å². The Kier molecular flexibility index (Phi) is 2.76. The number of rotatable bonds is 3. The third-order valence-electron chi connectivity index (χ3n) is 3.22. The quantitative estimate of drug-likeness (QED) is 0.812. The number of nitrogens with zero attached hydrogens (tertiary/aromatic N) is 1. The standard InChI is InChI=1S/C13H18N2/c1-9(2)10(3)7-11-8-15-13-12(11)5-4-6-14-13/h4-6,8-10H,7H2,1-3H3,(H,14,15). The number of aromatic amines is 1. The van der Waals surface area contributed by atoms with Gasteiger partial charge >= 0.3 is 0 Å². The SMILES string of the molecule is CC(C)C(C)Cc1c[nH]c2ncccc12. The summed E-state index contributed by atoms with van der Waals surface area (Å²) in [6.45, 7) is 6.86. The number of aromatic nitrogens is 2. The number of H-pyrrole nitrogens is 1. The molecule has 0 fully saturated rings. The molecule has 0 amide bonds. The van der Waals surface area contributed by atoms with Crippen molar-refractivity contribution in [2.24, 2.45) is 11.8 Å². The minimum absolute atomic E-state index is 0.712. The Morgan fingerprint density at radius 1 is 1.33 bits per heavy atom. The van der Waals surface area contributed by atoms with Gasteiger partial charge in [0.05, 0.1) is 0 Å². The van der Waals surface area contributed by atoms with Crippen LogP contribution < -0.4 is 0 Å². The van der Waals surface area contributed by atoms with Crippen LogP contribution in [-0.2, 0) is 6.42 Å². The molecule has 0 saturated carbocycles. The van der Waals surface area contributed by atoms with Crippen molar-refractivity contribution >= 4 is 11.0 Å². The van der Waals surface area contributed by atoms with E-state index in [-0.39, 0.29) is 0 Å². The molecule has 0 aliphatic rings. The maximum absolute atomic E-state index is 4.30. The van der Waals surface area contributed by atoms with Crippen molar-refractivity contribution in [3.63, 3.8) is 0 Å². The van der Waals surface area contributed by atoms with Crippen molar-refractivity contribution in [1.29, 1.82) is 0 Å². The van der Waals surface area contributed by atoms with E-state index in [9.17, 15) is 0 Å². The van der Waals surface area contributed by atoms with E-state index in [2.05, 4.69) is 43.0 Å². The van der Waals surface area contributed by atoms with Crippen molar-refractivity contribution in [3.8, 4) is 0 Å². The van der Waals surface area contributed by atoms with Crippen LogP contribution in [-0.4, -0.2) is 9.97 Å². The van der Waals surface area contributed by atoms with E-state index in [1.807, 2.05) is 12.3 Å². The van der Waals surface area contributed by atoms with Crippen LogP contribution in [0, 0.1) is 11.8 Å². The Morgan fingerprint density at radius 3 is 2.87 bits per heavy atom. The van der Waals surface area contributed by atoms with E-state index in [0.29, 0.717) is 5.92 Å². The molecule has 15 heavy (non-hydrogen) atoms. The largest absolute Gasteiger partial charge is 0.346 e. The highest BCUT2D eigenvalue weighted by molar-refractivity contribution is 5.79. The van der Waals surface area contributed by atoms with E-state index in [1.165, 1.54) is 10.9 Å². The van der Waals surface area contributed by atoms with Gasteiger partial charge in [-0.05, 0) is 36.0 Å². The summed E-state index contributed by atoms with van der Waals surface area (Å²) in [6, 6.07) is 4.14. The van der Waals surface area contributed by atoms with Crippen molar-refractivity contribution < 1.29 is 0 Å². The minimum atomic E-state index is 0.712. The third kappa shape index (κ3) is 2.04. The summed E-state index contributed by atoms with van der Waals surface area (Å²) in [7, 11) is 0. The molecule has 1 atom stereocenters. The highest BCUT2D eigenvalue weighted by Crippen LogP contribution is 2.22. The molecule has 80 valence electrons. The molecule has 1 N–H and O–H groups in total. The number of nitrogens with one attached hydrogen (secondary N) is 1. The molecule has 0 bridgehead atoms. The van der Waals surface area contributed by atoms with Gasteiger partial charge in [0.25, 0.3) is 0 Å². The van der Waals surface area contributed by atoms with Gasteiger partial charge in [-0.2, -0.15) is 0 Å². The molecule has 2 aromatic heterocycles. The summed E-state index contributed by atoms with van der Waals surface area (Å²) >= 11 is 0. The van der Waals surface area contributed by atoms with E-state index in [4.69, 9.17) is 0 Å². The molecular weight excluding hydrogens is 184 g/mol. The van der Waals surface area contributed by atoms with E-state index in [1.54, 1.807) is 0 Å². The molecule has 0 aliphatic heterocycles. The van der Waals surface area contributed by atoms with Gasteiger partial charge < -0.3 is 4.98 Å². The summed E-state index contributed by atoms with van der Waals surface area (Å²) < 4.78 is 0. The van der Waals surface area contributed by atoms with Crippen LogP contribution in [0.2, 0.25) is 0 Å². The lowest BCUT2D eigenvalue weighted by molar-refractivity contribution is 0.418. The molecule has 2 heteroatoms. The van der Waals surface area contributed by atoms with Crippen LogP contribution in [0.1, 0.15) is 26.3 Å². The normalized spacial score (nSPS) is 13.6. The maximum atomic E-state index is 4.30. The Morgan fingerprint density at radius 2 is 2.13 bits per heavy atom. The first-order valence-electron chi connectivity index (χ1n) is 5.59. The third-order valence-corrected chi connectivity index (χ3v) is 3.22. The number of fused-ring (bicyclic) bond motifs is 1. The zero-order valence-electron chi connectivity index (χ0n) is 9.62. The van der Waals surface area contributed by atoms with Gasteiger partial charge in [0.15, 0.2) is 0 Å². The lowest BCUT2D eigenvalue weighted by atomic mass is 9.91. The predicted molar refractivity (Wildman–Crippen MR) is 63.8 cm³/mol. The summed E-state index contributed by atoms with van der Waals surface area (Å²) in [4.78, 5) is 7.52. The molecule has 2 nitrogen and oxygen atoms in total. The van der Waals surface area contributed by atoms with Crippen LogP contribution in [0.3, 0.4) is 0 Å². The van der Waals surface area contributed by atoms with E-state index >= 15 is 0 Å². The Labute approximate surface area is 90.7 Å². The van der Waals surface area contributed by atoms with Crippen LogP contribution in [0.15, 0.2) is 24.5 Å². The molecule has 0 aromatic carbocycles. The van der Waals surface area contributed by atoms with Crippen LogP contribution in [0.5, 0.6) is 0 Å². The van der Waals surface area contributed by atoms with Gasteiger partial charge in [-0.1, -0.05) is 20.8 Å². The molecule has 0 aliphatic carbocycles. The van der Waals surface area contributed by atoms with Crippen molar-refractivity contribution in [1.82, 2.24) is 9.97 Å². The number of hydrogen-bond donors (Lipinski definition) is 1. The second kappa shape index (κ2) is 4.05. The molecule has 0 spiro atoms. The zero-order valence-corrected chi connectivity index (χ0v) is 9.62.